The molecule has 1 nitrogen and oxygen atoms in total. The van der Waals surface area contributed by atoms with E-state index in [2.05, 4.69) is 58.9 Å². The van der Waals surface area contributed by atoms with Gasteiger partial charge in [0.1, 0.15) is 0 Å². The second-order valence-corrected chi connectivity index (χ2v) is 7.91. The Morgan fingerprint density at radius 1 is 1.10 bits per heavy atom. The second-order valence-electron chi connectivity index (χ2n) is 7.91. The molecule has 21 heavy (non-hydrogen) atoms. The first kappa shape index (κ1) is 16.5. The number of rotatable bonds is 4. The molecule has 1 aromatic rings. The van der Waals surface area contributed by atoms with E-state index in [1.54, 1.807) is 0 Å². The van der Waals surface area contributed by atoms with Crippen LogP contribution in [0.3, 0.4) is 0 Å². The molecule has 118 valence electrons. The van der Waals surface area contributed by atoms with Gasteiger partial charge in [-0.2, -0.15) is 0 Å². The molecule has 1 saturated carbocycles. The summed E-state index contributed by atoms with van der Waals surface area (Å²) in [7, 11) is 0. The molecule has 0 radical (unpaired) electrons. The third-order valence-electron chi connectivity index (χ3n) is 5.32. The number of benzene rings is 1. The molecule has 0 heterocycles. The van der Waals surface area contributed by atoms with Crippen LogP contribution in [-0.4, -0.2) is 10.7 Å². The van der Waals surface area contributed by atoms with Crippen molar-refractivity contribution < 1.29 is 5.11 Å². The fraction of sp³-hybridized carbons (Fsp3) is 0.700. The van der Waals surface area contributed by atoms with Crippen LogP contribution in [-0.2, 0) is 6.42 Å². The molecule has 0 aliphatic heterocycles. The quantitative estimate of drug-likeness (QED) is 0.809. The van der Waals surface area contributed by atoms with Gasteiger partial charge in [0.2, 0.25) is 0 Å². The molecule has 1 aromatic carbocycles. The molecule has 1 aliphatic rings. The Morgan fingerprint density at radius 2 is 1.71 bits per heavy atom. The Bertz CT molecular complexity index is 445. The van der Waals surface area contributed by atoms with E-state index in [9.17, 15) is 5.11 Å². The van der Waals surface area contributed by atoms with Crippen molar-refractivity contribution in [3.05, 3.63) is 35.4 Å². The molecule has 0 saturated heterocycles. The van der Waals surface area contributed by atoms with Crippen molar-refractivity contribution in [2.75, 3.05) is 0 Å². The van der Waals surface area contributed by atoms with Crippen LogP contribution < -0.4 is 0 Å². The largest absolute Gasteiger partial charge is 0.389 e. The molecule has 1 fully saturated rings. The first-order chi connectivity index (χ1) is 9.82. The van der Waals surface area contributed by atoms with E-state index in [0.29, 0.717) is 23.7 Å². The smallest absolute Gasteiger partial charge is 0.0720 e. The van der Waals surface area contributed by atoms with Crippen molar-refractivity contribution in [2.24, 2.45) is 17.8 Å². The van der Waals surface area contributed by atoms with Crippen LogP contribution in [0.1, 0.15) is 70.9 Å². The van der Waals surface area contributed by atoms with Gasteiger partial charge in [-0.1, -0.05) is 65.3 Å². The molecular formula is C20H32O. The SMILES string of the molecule is CC1CCC(C(C)C)C(O)(Cc2ccc(C(C)C)cc2)C1. The summed E-state index contributed by atoms with van der Waals surface area (Å²) < 4.78 is 0. The van der Waals surface area contributed by atoms with Crippen molar-refractivity contribution in [3.63, 3.8) is 0 Å². The van der Waals surface area contributed by atoms with Gasteiger partial charge >= 0.3 is 0 Å². The maximum Gasteiger partial charge on any atom is 0.0720 e. The molecule has 0 bridgehead atoms. The third kappa shape index (κ3) is 3.88. The van der Waals surface area contributed by atoms with Gasteiger partial charge in [-0.05, 0) is 47.6 Å². The summed E-state index contributed by atoms with van der Waals surface area (Å²) in [6, 6.07) is 8.87. The molecule has 3 atom stereocenters. The van der Waals surface area contributed by atoms with Gasteiger partial charge in [0.05, 0.1) is 5.60 Å². The normalized spacial score (nSPS) is 30.1. The summed E-state index contributed by atoms with van der Waals surface area (Å²) in [6.07, 6.45) is 4.18. The van der Waals surface area contributed by atoms with Crippen LogP contribution in [0.2, 0.25) is 0 Å². The number of aliphatic hydroxyl groups is 1. The van der Waals surface area contributed by atoms with Crippen molar-refractivity contribution in [3.8, 4) is 0 Å². The van der Waals surface area contributed by atoms with E-state index >= 15 is 0 Å². The fourth-order valence-corrected chi connectivity index (χ4v) is 4.12. The van der Waals surface area contributed by atoms with E-state index in [4.69, 9.17) is 0 Å². The van der Waals surface area contributed by atoms with Crippen molar-refractivity contribution in [2.45, 2.75) is 71.8 Å². The first-order valence-electron chi connectivity index (χ1n) is 8.63. The summed E-state index contributed by atoms with van der Waals surface area (Å²) >= 11 is 0. The molecule has 0 spiro atoms. The standard InChI is InChI=1S/C20H32O/c1-14(2)18-9-7-17(8-10-18)13-20(21)12-16(5)6-11-19(20)15(3)4/h7-10,14-16,19,21H,6,11-13H2,1-5H3. The van der Waals surface area contributed by atoms with E-state index in [-0.39, 0.29) is 0 Å². The summed E-state index contributed by atoms with van der Waals surface area (Å²) in [6.45, 7) is 11.2. The van der Waals surface area contributed by atoms with Gasteiger partial charge < -0.3 is 5.11 Å². The lowest BCUT2D eigenvalue weighted by molar-refractivity contribution is -0.0795. The van der Waals surface area contributed by atoms with Crippen LogP contribution in [0.15, 0.2) is 24.3 Å². The Hall–Kier alpha value is -0.820. The maximum atomic E-state index is 11.3. The van der Waals surface area contributed by atoms with Gasteiger partial charge in [-0.25, -0.2) is 0 Å². The van der Waals surface area contributed by atoms with E-state index in [1.165, 1.54) is 24.0 Å². The molecular weight excluding hydrogens is 256 g/mol. The molecule has 3 unspecified atom stereocenters. The average Bonchev–Trinajstić information content (AvgIpc) is 2.38. The Labute approximate surface area is 130 Å². The molecule has 1 N–H and O–H groups in total. The summed E-state index contributed by atoms with van der Waals surface area (Å²) in [4.78, 5) is 0. The lowest BCUT2D eigenvalue weighted by Crippen LogP contribution is -2.47. The van der Waals surface area contributed by atoms with Crippen LogP contribution in [0.4, 0.5) is 0 Å². The minimum Gasteiger partial charge on any atom is -0.389 e. The van der Waals surface area contributed by atoms with Gasteiger partial charge in [0, 0.05) is 6.42 Å². The fourth-order valence-electron chi connectivity index (χ4n) is 4.12. The van der Waals surface area contributed by atoms with Crippen molar-refractivity contribution in [1.29, 1.82) is 0 Å². The zero-order chi connectivity index (χ0) is 15.6. The zero-order valence-corrected chi connectivity index (χ0v) is 14.4. The highest BCUT2D eigenvalue weighted by Gasteiger charge is 2.42. The van der Waals surface area contributed by atoms with Crippen molar-refractivity contribution >= 4 is 0 Å². The maximum absolute atomic E-state index is 11.3. The van der Waals surface area contributed by atoms with Crippen LogP contribution in [0.5, 0.6) is 0 Å². The highest BCUT2D eigenvalue weighted by molar-refractivity contribution is 5.26. The van der Waals surface area contributed by atoms with E-state index in [0.717, 1.165) is 12.8 Å². The average molecular weight is 288 g/mol. The third-order valence-corrected chi connectivity index (χ3v) is 5.32. The van der Waals surface area contributed by atoms with Crippen LogP contribution in [0, 0.1) is 17.8 Å². The lowest BCUT2D eigenvalue weighted by atomic mass is 9.65. The van der Waals surface area contributed by atoms with Crippen molar-refractivity contribution in [1.82, 2.24) is 0 Å². The van der Waals surface area contributed by atoms with E-state index < -0.39 is 5.60 Å². The first-order valence-corrected chi connectivity index (χ1v) is 8.63. The minimum absolute atomic E-state index is 0.429. The van der Waals surface area contributed by atoms with Gasteiger partial charge in [-0.15, -0.1) is 0 Å². The van der Waals surface area contributed by atoms with Gasteiger partial charge in [-0.3, -0.25) is 0 Å². The van der Waals surface area contributed by atoms with Gasteiger partial charge in [0.15, 0.2) is 0 Å². The highest BCUT2D eigenvalue weighted by Crippen LogP contribution is 2.42. The summed E-state index contributed by atoms with van der Waals surface area (Å²) in [5.74, 6) is 2.19. The monoisotopic (exact) mass is 288 g/mol. The van der Waals surface area contributed by atoms with Gasteiger partial charge in [0.25, 0.3) is 0 Å². The topological polar surface area (TPSA) is 20.2 Å². The molecule has 0 aromatic heterocycles. The second kappa shape index (κ2) is 6.52. The molecule has 1 aliphatic carbocycles. The number of hydrogen-bond acceptors (Lipinski definition) is 1. The Balaban J connectivity index is 2.17. The minimum atomic E-state index is -0.523. The highest BCUT2D eigenvalue weighted by atomic mass is 16.3. The zero-order valence-electron chi connectivity index (χ0n) is 14.4. The predicted molar refractivity (Wildman–Crippen MR) is 90.5 cm³/mol. The summed E-state index contributed by atoms with van der Waals surface area (Å²) in [5, 5.41) is 11.3. The van der Waals surface area contributed by atoms with Crippen LogP contribution >= 0.6 is 0 Å². The molecule has 1 heteroatoms. The molecule has 0 amide bonds. The lowest BCUT2D eigenvalue weighted by Gasteiger charge is -2.45. The van der Waals surface area contributed by atoms with E-state index in [1.807, 2.05) is 0 Å². The summed E-state index contributed by atoms with van der Waals surface area (Å²) in [5.41, 5.74) is 2.13. The molecule has 2 rings (SSSR count). The number of hydrogen-bond donors (Lipinski definition) is 1. The Kier molecular flexibility index (Phi) is 5.14. The predicted octanol–water partition coefficient (Wildman–Crippen LogP) is 5.18. The Morgan fingerprint density at radius 3 is 2.24 bits per heavy atom. The van der Waals surface area contributed by atoms with Crippen LogP contribution in [0.25, 0.3) is 0 Å².